The Morgan fingerprint density at radius 1 is 0.944 bits per heavy atom. The summed E-state index contributed by atoms with van der Waals surface area (Å²) in [6.45, 7) is 6.31. The third-order valence-electron chi connectivity index (χ3n) is 2.67. The van der Waals surface area contributed by atoms with Gasteiger partial charge in [0.05, 0.1) is 11.2 Å². The van der Waals surface area contributed by atoms with Crippen LogP contribution in [0.3, 0.4) is 0 Å². The van der Waals surface area contributed by atoms with Crippen LogP contribution in [0.25, 0.3) is 0 Å². The van der Waals surface area contributed by atoms with Crippen molar-refractivity contribution in [3.63, 3.8) is 0 Å². The molecule has 0 unspecified atom stereocenters. The summed E-state index contributed by atoms with van der Waals surface area (Å²) in [5, 5.41) is 44.2. The van der Waals surface area contributed by atoms with Gasteiger partial charge in [0.15, 0.2) is 0 Å². The van der Waals surface area contributed by atoms with Crippen molar-refractivity contribution in [2.24, 2.45) is 0 Å². The van der Waals surface area contributed by atoms with Crippen molar-refractivity contribution in [3.05, 3.63) is 24.3 Å². The molecule has 0 amide bonds. The van der Waals surface area contributed by atoms with E-state index >= 15 is 0 Å². The lowest BCUT2D eigenvalue weighted by atomic mass is 9.80. The van der Waals surface area contributed by atoms with Crippen LogP contribution in [0.4, 0.5) is 0 Å². The molecule has 5 nitrogen and oxygen atoms in total. The van der Waals surface area contributed by atoms with Crippen LogP contribution in [-0.2, 0) is 0 Å². The van der Waals surface area contributed by atoms with Gasteiger partial charge >= 0.3 is 7.12 Å². The Balaban J connectivity index is 0.000000331. The van der Waals surface area contributed by atoms with Crippen molar-refractivity contribution < 1.29 is 25.4 Å². The standard InChI is InChI=1S/C6H7BO3.C6H14O2/c8-6-3-1-2-5(4-6)7(9)10;1-5(2,7)6(3,4)8/h1-4,8-10H;7-8H,1-4H3. The predicted molar refractivity (Wildman–Crippen MR) is 70.5 cm³/mol. The molecule has 0 spiro atoms. The fraction of sp³-hybridized carbons (Fsp3) is 0.500. The van der Waals surface area contributed by atoms with Gasteiger partial charge in [-0.1, -0.05) is 12.1 Å². The number of phenolic OH excluding ortho intramolecular Hbond substituents is 1. The number of aromatic hydroxyl groups is 1. The molecule has 0 aliphatic rings. The third kappa shape index (κ3) is 6.02. The molecule has 102 valence electrons. The molecule has 0 aliphatic heterocycles. The lowest BCUT2D eigenvalue weighted by Crippen LogP contribution is -2.44. The number of benzene rings is 1. The molecule has 0 saturated carbocycles. The van der Waals surface area contributed by atoms with E-state index in [0.717, 1.165) is 0 Å². The average Bonchev–Trinajstić information content (AvgIpc) is 2.15. The molecule has 0 fully saturated rings. The van der Waals surface area contributed by atoms with E-state index in [9.17, 15) is 0 Å². The van der Waals surface area contributed by atoms with Crippen molar-refractivity contribution in [1.82, 2.24) is 0 Å². The monoisotopic (exact) mass is 256 g/mol. The number of aliphatic hydroxyl groups is 2. The molecule has 18 heavy (non-hydrogen) atoms. The van der Waals surface area contributed by atoms with E-state index in [-0.39, 0.29) is 5.75 Å². The maximum absolute atomic E-state index is 9.10. The number of hydrogen-bond acceptors (Lipinski definition) is 5. The van der Waals surface area contributed by atoms with Gasteiger partial charge in [-0.25, -0.2) is 0 Å². The molecule has 5 N–H and O–H groups in total. The Bertz CT molecular complexity index is 353. The van der Waals surface area contributed by atoms with Gasteiger partial charge in [-0.15, -0.1) is 0 Å². The largest absolute Gasteiger partial charge is 0.508 e. The molecule has 0 bridgehead atoms. The van der Waals surface area contributed by atoms with Gasteiger partial charge in [-0.2, -0.15) is 0 Å². The molecule has 0 atom stereocenters. The van der Waals surface area contributed by atoms with Crippen molar-refractivity contribution in [2.45, 2.75) is 38.9 Å². The minimum Gasteiger partial charge on any atom is -0.508 e. The van der Waals surface area contributed by atoms with Crippen LogP contribution >= 0.6 is 0 Å². The van der Waals surface area contributed by atoms with Gasteiger partial charge in [-0.3, -0.25) is 0 Å². The maximum atomic E-state index is 9.10. The van der Waals surface area contributed by atoms with E-state index in [1.807, 2.05) is 0 Å². The molecule has 6 heteroatoms. The molecule has 1 aromatic rings. The molecule has 0 aliphatic carbocycles. The van der Waals surface area contributed by atoms with Gasteiger partial charge < -0.3 is 25.4 Å². The van der Waals surface area contributed by atoms with Gasteiger partial charge in [0.1, 0.15) is 5.75 Å². The van der Waals surface area contributed by atoms with Crippen LogP contribution in [0.2, 0.25) is 0 Å². The molecule has 0 aromatic heterocycles. The second kappa shape index (κ2) is 6.20. The highest BCUT2D eigenvalue weighted by Gasteiger charge is 2.31. The third-order valence-corrected chi connectivity index (χ3v) is 2.67. The average molecular weight is 256 g/mol. The summed E-state index contributed by atoms with van der Waals surface area (Å²) in [6.07, 6.45) is 0. The number of phenols is 1. The topological polar surface area (TPSA) is 101 Å². The smallest absolute Gasteiger partial charge is 0.488 e. The normalized spacial score (nSPS) is 11.6. The highest BCUT2D eigenvalue weighted by Crippen LogP contribution is 2.19. The van der Waals surface area contributed by atoms with E-state index in [1.54, 1.807) is 33.8 Å². The molecular weight excluding hydrogens is 235 g/mol. The zero-order valence-corrected chi connectivity index (χ0v) is 11.1. The van der Waals surface area contributed by atoms with Crippen molar-refractivity contribution in [3.8, 4) is 5.75 Å². The van der Waals surface area contributed by atoms with E-state index in [4.69, 9.17) is 25.4 Å². The summed E-state index contributed by atoms with van der Waals surface area (Å²) >= 11 is 0. The van der Waals surface area contributed by atoms with Crippen LogP contribution < -0.4 is 5.46 Å². The first-order valence-corrected chi connectivity index (χ1v) is 5.55. The molecule has 0 saturated heterocycles. The van der Waals surface area contributed by atoms with Crippen LogP contribution in [0, 0.1) is 0 Å². The molecular formula is C12H21BO5. The Hall–Kier alpha value is -1.08. The first-order chi connectivity index (χ1) is 7.95. The highest BCUT2D eigenvalue weighted by atomic mass is 16.4. The van der Waals surface area contributed by atoms with Crippen LogP contribution in [-0.4, -0.2) is 43.7 Å². The fourth-order valence-corrected chi connectivity index (χ4v) is 0.685. The van der Waals surface area contributed by atoms with E-state index in [2.05, 4.69) is 0 Å². The minimum atomic E-state index is -1.51. The Morgan fingerprint density at radius 3 is 1.61 bits per heavy atom. The quantitative estimate of drug-likeness (QED) is 0.463. The second-order valence-corrected chi connectivity index (χ2v) is 5.09. The summed E-state index contributed by atoms with van der Waals surface area (Å²) in [5.74, 6) is 0.0330. The van der Waals surface area contributed by atoms with Crippen LogP contribution in [0.1, 0.15) is 27.7 Å². The Kier molecular flexibility index (Phi) is 5.83. The molecule has 0 radical (unpaired) electrons. The van der Waals surface area contributed by atoms with Gasteiger partial charge in [0.2, 0.25) is 0 Å². The van der Waals surface area contributed by atoms with Gasteiger partial charge in [0, 0.05) is 0 Å². The lowest BCUT2D eigenvalue weighted by molar-refractivity contribution is -0.107. The summed E-state index contributed by atoms with van der Waals surface area (Å²) < 4.78 is 0. The maximum Gasteiger partial charge on any atom is 0.488 e. The van der Waals surface area contributed by atoms with E-state index in [0.29, 0.717) is 5.46 Å². The summed E-state index contributed by atoms with van der Waals surface area (Å²) in [4.78, 5) is 0. The first-order valence-electron chi connectivity index (χ1n) is 5.55. The first kappa shape index (κ1) is 16.9. The SMILES string of the molecule is CC(C)(O)C(C)(C)O.OB(O)c1cccc(O)c1. The zero-order valence-electron chi connectivity index (χ0n) is 11.1. The van der Waals surface area contributed by atoms with Crippen LogP contribution in [0.15, 0.2) is 24.3 Å². The molecule has 1 aromatic carbocycles. The highest BCUT2D eigenvalue weighted by molar-refractivity contribution is 6.58. The van der Waals surface area contributed by atoms with Gasteiger partial charge in [-0.05, 0) is 45.3 Å². The Morgan fingerprint density at radius 2 is 1.39 bits per heavy atom. The number of hydrogen-bond donors (Lipinski definition) is 5. The Labute approximate surface area is 107 Å². The zero-order chi connectivity index (χ0) is 14.6. The lowest BCUT2D eigenvalue weighted by Gasteiger charge is -2.31. The van der Waals surface area contributed by atoms with Gasteiger partial charge in [0.25, 0.3) is 0 Å². The molecule has 0 heterocycles. The summed E-state index contributed by atoms with van der Waals surface area (Å²) in [7, 11) is -1.51. The summed E-state index contributed by atoms with van der Waals surface area (Å²) in [5.41, 5.74) is -1.72. The fourth-order valence-electron chi connectivity index (χ4n) is 0.685. The van der Waals surface area contributed by atoms with Crippen molar-refractivity contribution in [1.29, 1.82) is 0 Å². The van der Waals surface area contributed by atoms with Crippen LogP contribution in [0.5, 0.6) is 5.75 Å². The van der Waals surface area contributed by atoms with E-state index < -0.39 is 18.3 Å². The minimum absolute atomic E-state index is 0.0330. The van der Waals surface area contributed by atoms with E-state index in [1.165, 1.54) is 18.2 Å². The van der Waals surface area contributed by atoms with Crippen molar-refractivity contribution >= 4 is 12.6 Å². The predicted octanol–water partition coefficient (Wildman–Crippen LogP) is -0.400. The summed E-state index contributed by atoms with van der Waals surface area (Å²) in [6, 6.07) is 5.82. The number of rotatable bonds is 2. The second-order valence-electron chi connectivity index (χ2n) is 5.09. The molecule has 1 rings (SSSR count). The van der Waals surface area contributed by atoms with Crippen molar-refractivity contribution in [2.75, 3.05) is 0 Å².